The first kappa shape index (κ1) is 17.4. The van der Waals surface area contributed by atoms with Gasteiger partial charge in [0.15, 0.2) is 5.78 Å². The molecule has 0 fully saturated rings. The van der Waals surface area contributed by atoms with Crippen LogP contribution >= 0.6 is 0 Å². The van der Waals surface area contributed by atoms with Gasteiger partial charge in [-0.05, 0) is 48.4 Å². The third-order valence-electron chi connectivity index (χ3n) is 3.99. The molecule has 0 aromatic heterocycles. The van der Waals surface area contributed by atoms with Gasteiger partial charge in [0, 0.05) is 16.8 Å². The molecule has 0 heterocycles. The van der Waals surface area contributed by atoms with Crippen molar-refractivity contribution in [2.75, 3.05) is 5.32 Å². The maximum Gasteiger partial charge on any atom is 0.256 e. The number of carbonyl (C=O) groups is 2. The topological polar surface area (TPSA) is 46.2 Å². The smallest absolute Gasteiger partial charge is 0.256 e. The monoisotopic (exact) mass is 341 g/mol. The van der Waals surface area contributed by atoms with Crippen LogP contribution < -0.4 is 5.32 Å². The van der Waals surface area contributed by atoms with Crippen LogP contribution in [0.4, 0.5) is 5.69 Å². The van der Waals surface area contributed by atoms with Gasteiger partial charge in [-0.25, -0.2) is 0 Å². The molecular weight excluding hydrogens is 322 g/mol. The molecule has 3 rings (SSSR count). The molecule has 3 aromatic carbocycles. The fourth-order valence-corrected chi connectivity index (χ4v) is 2.60. The number of nitrogens with one attached hydrogen (secondary N) is 1. The van der Waals surface area contributed by atoms with E-state index in [0.29, 0.717) is 16.8 Å². The summed E-state index contributed by atoms with van der Waals surface area (Å²) in [6.07, 6.45) is 1.87. The van der Waals surface area contributed by atoms with E-state index in [1.165, 1.54) is 6.92 Å². The van der Waals surface area contributed by atoms with Crippen LogP contribution in [-0.4, -0.2) is 11.7 Å². The highest BCUT2D eigenvalue weighted by Crippen LogP contribution is 2.21. The van der Waals surface area contributed by atoms with E-state index >= 15 is 0 Å². The third-order valence-corrected chi connectivity index (χ3v) is 3.99. The van der Waals surface area contributed by atoms with E-state index in [2.05, 4.69) is 5.32 Å². The van der Waals surface area contributed by atoms with Crippen LogP contribution in [0.3, 0.4) is 0 Å². The first-order chi connectivity index (χ1) is 12.6. The first-order valence-electron chi connectivity index (χ1n) is 8.38. The normalized spacial score (nSPS) is 11.0. The summed E-state index contributed by atoms with van der Waals surface area (Å²) in [5.41, 5.74) is 3.64. The van der Waals surface area contributed by atoms with Gasteiger partial charge in [0.05, 0.1) is 0 Å². The van der Waals surface area contributed by atoms with E-state index in [0.717, 1.165) is 11.1 Å². The quantitative estimate of drug-likeness (QED) is 0.400. The van der Waals surface area contributed by atoms with Crippen LogP contribution in [0.25, 0.3) is 11.6 Å². The van der Waals surface area contributed by atoms with Crippen molar-refractivity contribution in [3.05, 3.63) is 102 Å². The van der Waals surface area contributed by atoms with Gasteiger partial charge >= 0.3 is 0 Å². The van der Waals surface area contributed by atoms with E-state index in [1.54, 1.807) is 24.3 Å². The molecule has 0 aliphatic carbocycles. The molecule has 0 saturated heterocycles. The van der Waals surface area contributed by atoms with Crippen molar-refractivity contribution >= 4 is 29.0 Å². The van der Waals surface area contributed by atoms with Crippen molar-refractivity contribution in [3.63, 3.8) is 0 Å². The minimum Gasteiger partial charge on any atom is -0.322 e. The minimum absolute atomic E-state index is 0.00294. The van der Waals surface area contributed by atoms with Crippen molar-refractivity contribution in [1.29, 1.82) is 0 Å². The molecular formula is C23H19NO2. The second-order valence-electron chi connectivity index (χ2n) is 5.92. The molecule has 128 valence electrons. The maximum absolute atomic E-state index is 12.9. The number of Topliss-reactive ketones (excluding diaryl/α,β-unsaturated/α-hetero) is 1. The summed E-state index contributed by atoms with van der Waals surface area (Å²) >= 11 is 0. The van der Waals surface area contributed by atoms with Gasteiger partial charge in [-0.1, -0.05) is 60.7 Å². The summed E-state index contributed by atoms with van der Waals surface area (Å²) in [4.78, 5) is 24.3. The molecule has 26 heavy (non-hydrogen) atoms. The van der Waals surface area contributed by atoms with Crippen molar-refractivity contribution in [2.45, 2.75) is 6.92 Å². The highest BCUT2D eigenvalue weighted by molar-refractivity contribution is 6.29. The molecule has 1 amide bonds. The van der Waals surface area contributed by atoms with Crippen molar-refractivity contribution in [3.8, 4) is 0 Å². The molecule has 0 aliphatic heterocycles. The third kappa shape index (κ3) is 4.33. The molecule has 0 unspecified atom stereocenters. The summed E-state index contributed by atoms with van der Waals surface area (Å²) in [5.74, 6) is -0.201. The molecule has 3 heteroatoms. The number of amides is 1. The highest BCUT2D eigenvalue weighted by Gasteiger charge is 2.12. The molecule has 0 saturated carbocycles. The minimum atomic E-state index is -0.198. The van der Waals surface area contributed by atoms with E-state index in [9.17, 15) is 9.59 Å². The van der Waals surface area contributed by atoms with Crippen LogP contribution in [0, 0.1) is 0 Å². The molecule has 3 nitrogen and oxygen atoms in total. The predicted molar refractivity (Wildman–Crippen MR) is 106 cm³/mol. The average molecular weight is 341 g/mol. The Labute approximate surface area is 153 Å². The van der Waals surface area contributed by atoms with Gasteiger partial charge in [-0.2, -0.15) is 0 Å². The summed E-state index contributed by atoms with van der Waals surface area (Å²) in [7, 11) is 0. The van der Waals surface area contributed by atoms with E-state index < -0.39 is 0 Å². The Kier molecular flexibility index (Phi) is 5.40. The molecule has 0 radical (unpaired) electrons. The lowest BCUT2D eigenvalue weighted by molar-refractivity contribution is -0.111. The first-order valence-corrected chi connectivity index (χ1v) is 8.38. The Morgan fingerprint density at radius 3 is 1.88 bits per heavy atom. The van der Waals surface area contributed by atoms with Gasteiger partial charge in [-0.3, -0.25) is 9.59 Å². The fraction of sp³-hybridized carbons (Fsp3) is 0.0435. The van der Waals surface area contributed by atoms with Gasteiger partial charge in [0.1, 0.15) is 0 Å². The Morgan fingerprint density at radius 2 is 1.31 bits per heavy atom. The van der Waals surface area contributed by atoms with Crippen LogP contribution in [0.1, 0.15) is 28.4 Å². The number of ketones is 1. The van der Waals surface area contributed by atoms with Gasteiger partial charge in [-0.15, -0.1) is 0 Å². The maximum atomic E-state index is 12.9. The number of anilines is 1. The van der Waals surface area contributed by atoms with Crippen molar-refractivity contribution in [2.24, 2.45) is 0 Å². The largest absolute Gasteiger partial charge is 0.322 e. The Hall–Kier alpha value is -3.46. The Morgan fingerprint density at radius 1 is 0.731 bits per heavy atom. The van der Waals surface area contributed by atoms with Crippen LogP contribution in [0.15, 0.2) is 84.9 Å². The summed E-state index contributed by atoms with van der Waals surface area (Å²) in [5, 5.41) is 2.91. The predicted octanol–water partition coefficient (Wildman–Crippen LogP) is 5.07. The second-order valence-corrected chi connectivity index (χ2v) is 5.92. The number of hydrogen-bond acceptors (Lipinski definition) is 2. The molecule has 3 aromatic rings. The number of hydrogen-bond donors (Lipinski definition) is 1. The highest BCUT2D eigenvalue weighted by atomic mass is 16.1. The number of carbonyl (C=O) groups excluding carboxylic acids is 2. The van der Waals surface area contributed by atoms with Crippen LogP contribution in [0.5, 0.6) is 0 Å². The SMILES string of the molecule is CC(=O)c1ccc(NC(=O)C(=Cc2ccccc2)c2ccccc2)cc1. The van der Waals surface area contributed by atoms with Crippen LogP contribution in [0.2, 0.25) is 0 Å². The van der Waals surface area contributed by atoms with Crippen molar-refractivity contribution in [1.82, 2.24) is 0 Å². The van der Waals surface area contributed by atoms with Gasteiger partial charge in [0.2, 0.25) is 0 Å². The molecule has 0 atom stereocenters. The standard InChI is InChI=1S/C23H19NO2/c1-17(25)19-12-14-21(15-13-19)24-23(26)22(20-10-6-3-7-11-20)16-18-8-4-2-5-9-18/h2-16H,1H3,(H,24,26). The van der Waals surface area contributed by atoms with Crippen molar-refractivity contribution < 1.29 is 9.59 Å². The van der Waals surface area contributed by atoms with E-state index in [1.807, 2.05) is 66.7 Å². The molecule has 1 N–H and O–H groups in total. The van der Waals surface area contributed by atoms with E-state index in [-0.39, 0.29) is 11.7 Å². The lowest BCUT2D eigenvalue weighted by Gasteiger charge is -2.10. The molecule has 0 spiro atoms. The summed E-state index contributed by atoms with van der Waals surface area (Å²) in [6, 6.07) is 26.2. The number of benzene rings is 3. The lowest BCUT2D eigenvalue weighted by atomic mass is 10.0. The fourth-order valence-electron chi connectivity index (χ4n) is 2.60. The summed E-state index contributed by atoms with van der Waals surface area (Å²) in [6.45, 7) is 1.52. The zero-order chi connectivity index (χ0) is 18.4. The number of rotatable bonds is 5. The zero-order valence-electron chi connectivity index (χ0n) is 14.5. The summed E-state index contributed by atoms with van der Waals surface area (Å²) < 4.78 is 0. The van der Waals surface area contributed by atoms with E-state index in [4.69, 9.17) is 0 Å². The van der Waals surface area contributed by atoms with Crippen LogP contribution in [-0.2, 0) is 4.79 Å². The average Bonchev–Trinajstić information content (AvgIpc) is 2.68. The second kappa shape index (κ2) is 8.08. The molecule has 0 aliphatic rings. The Bertz CT molecular complexity index is 927. The Balaban J connectivity index is 1.90. The lowest BCUT2D eigenvalue weighted by Crippen LogP contribution is -2.13. The zero-order valence-corrected chi connectivity index (χ0v) is 14.5. The molecule has 0 bridgehead atoms. The van der Waals surface area contributed by atoms with Gasteiger partial charge < -0.3 is 5.32 Å². The van der Waals surface area contributed by atoms with Gasteiger partial charge in [0.25, 0.3) is 5.91 Å².